The summed E-state index contributed by atoms with van der Waals surface area (Å²) in [6.07, 6.45) is 16.9. The molecule has 394 valence electrons. The van der Waals surface area contributed by atoms with Crippen molar-refractivity contribution in [2.45, 2.75) is 107 Å². The van der Waals surface area contributed by atoms with Gasteiger partial charge in [0.2, 0.25) is 0 Å². The first-order valence-corrected chi connectivity index (χ1v) is 31.2. The van der Waals surface area contributed by atoms with Gasteiger partial charge in [-0.1, -0.05) is 129 Å². The summed E-state index contributed by atoms with van der Waals surface area (Å²) in [7, 11) is 0. The highest BCUT2D eigenvalue weighted by Gasteiger charge is 2.55. The van der Waals surface area contributed by atoms with Crippen molar-refractivity contribution < 1.29 is 0 Å². The Morgan fingerprint density at radius 2 is 0.975 bits per heavy atom. The molecule has 8 saturated carbocycles. The fourth-order valence-corrected chi connectivity index (χ4v) is 20.7. The fraction of sp³-hybridized carbons (Fsp3) is 0.299. The first-order chi connectivity index (χ1) is 39.7. The molecule has 21 rings (SSSR count). The van der Waals surface area contributed by atoms with Crippen molar-refractivity contribution in [2.75, 3.05) is 9.71 Å². The quantitative estimate of drug-likeness (QED) is 0.147. The summed E-state index contributed by atoms with van der Waals surface area (Å²) in [5.74, 6) is 5.23. The van der Waals surface area contributed by atoms with Crippen LogP contribution in [0, 0.1) is 35.5 Å². The van der Waals surface area contributed by atoms with Crippen molar-refractivity contribution in [3.8, 4) is 39.1 Å². The highest BCUT2D eigenvalue weighted by Crippen LogP contribution is 2.64. The van der Waals surface area contributed by atoms with Crippen LogP contribution in [0.3, 0.4) is 0 Å². The number of benzene rings is 9. The van der Waals surface area contributed by atoms with Gasteiger partial charge in [-0.15, -0.1) is 0 Å². The van der Waals surface area contributed by atoms with E-state index in [0.29, 0.717) is 5.41 Å². The van der Waals surface area contributed by atoms with E-state index in [1.807, 2.05) is 0 Å². The van der Waals surface area contributed by atoms with E-state index in [-0.39, 0.29) is 17.7 Å². The zero-order chi connectivity index (χ0) is 53.1. The molecular formula is C77H68BN3. The van der Waals surface area contributed by atoms with Crippen LogP contribution in [0.15, 0.2) is 194 Å². The Kier molecular flexibility index (Phi) is 9.30. The molecule has 9 aliphatic carbocycles. The maximum Gasteiger partial charge on any atom is 0.333 e. The third-order valence-electron chi connectivity index (χ3n) is 23.2. The van der Waals surface area contributed by atoms with Gasteiger partial charge in [0.05, 0.1) is 11.0 Å². The molecule has 1 aromatic heterocycles. The molecule has 0 unspecified atom stereocenters. The smallest absolute Gasteiger partial charge is 0.333 e. The Morgan fingerprint density at radius 1 is 0.420 bits per heavy atom. The van der Waals surface area contributed by atoms with Gasteiger partial charge in [0, 0.05) is 55.9 Å². The number of rotatable bonds is 7. The summed E-state index contributed by atoms with van der Waals surface area (Å²) in [6.45, 7) is 4.84. The van der Waals surface area contributed by atoms with Crippen LogP contribution in [0.4, 0.5) is 28.4 Å². The second-order valence-electron chi connectivity index (χ2n) is 28.1. The average Bonchev–Trinajstić information content (AvgIpc) is 2.48. The van der Waals surface area contributed by atoms with Crippen molar-refractivity contribution >= 4 is 68.0 Å². The van der Waals surface area contributed by atoms with E-state index in [4.69, 9.17) is 0 Å². The molecule has 81 heavy (non-hydrogen) atoms. The van der Waals surface area contributed by atoms with Gasteiger partial charge in [0.1, 0.15) is 0 Å². The van der Waals surface area contributed by atoms with Gasteiger partial charge >= 0.3 is 6.85 Å². The number of hydrogen-bond acceptors (Lipinski definition) is 2. The minimum absolute atomic E-state index is 0.0817. The molecule has 8 fully saturated rings. The molecule has 8 bridgehead atoms. The summed E-state index contributed by atoms with van der Waals surface area (Å²) < 4.78 is 2.80. The molecule has 0 amide bonds. The lowest BCUT2D eigenvalue weighted by atomic mass is 9.42. The van der Waals surface area contributed by atoms with Gasteiger partial charge < -0.3 is 14.3 Å². The largest absolute Gasteiger partial charge is 0.376 e. The van der Waals surface area contributed by atoms with Gasteiger partial charge in [-0.05, 0) is 263 Å². The van der Waals surface area contributed by atoms with Crippen molar-refractivity contribution in [1.82, 2.24) is 4.57 Å². The number of hydrogen-bond donors (Lipinski definition) is 0. The predicted molar refractivity (Wildman–Crippen MR) is 337 cm³/mol. The number of nitrogens with zero attached hydrogens (tertiary/aromatic N) is 3. The SMILES string of the molecule is CC1(C)c2ccccc2-c2cc3c(cc21)N(c1ccc(-c2ccccc2)cc1)B1c2c-3cc(N(c3ccccc3)c3ccccc3)cc2-n2c3ccc(C45CC6CC(CC(C6)C4)C5)cc3c3cc(C45CC6CC(CC(C6)C4)C5)cc1c32. The van der Waals surface area contributed by atoms with Crippen LogP contribution in [0.25, 0.3) is 60.9 Å². The minimum Gasteiger partial charge on any atom is -0.376 e. The van der Waals surface area contributed by atoms with Gasteiger partial charge in [0.25, 0.3) is 0 Å². The molecule has 11 aliphatic rings. The minimum atomic E-state index is -0.173. The third kappa shape index (κ3) is 6.43. The fourth-order valence-electron chi connectivity index (χ4n) is 20.7. The summed E-state index contributed by atoms with van der Waals surface area (Å²) in [5.41, 5.74) is 27.3. The Morgan fingerprint density at radius 3 is 1.60 bits per heavy atom. The van der Waals surface area contributed by atoms with Crippen LogP contribution >= 0.6 is 0 Å². The molecule has 0 spiro atoms. The number of anilines is 5. The molecule has 9 aromatic carbocycles. The van der Waals surface area contributed by atoms with E-state index < -0.39 is 0 Å². The van der Waals surface area contributed by atoms with Crippen LogP contribution in [-0.4, -0.2) is 11.4 Å². The maximum absolute atomic E-state index is 2.83. The number of para-hydroxylation sites is 2. The normalized spacial score (nSPS) is 26.9. The predicted octanol–water partition coefficient (Wildman–Crippen LogP) is 18.4. The second kappa shape index (κ2) is 16.3. The highest BCUT2D eigenvalue weighted by atomic mass is 15.2. The molecule has 2 aliphatic heterocycles. The van der Waals surface area contributed by atoms with Gasteiger partial charge in [-0.3, -0.25) is 0 Å². The lowest BCUT2D eigenvalue weighted by Gasteiger charge is -2.57. The van der Waals surface area contributed by atoms with Crippen molar-refractivity contribution in [3.05, 3.63) is 216 Å². The van der Waals surface area contributed by atoms with E-state index >= 15 is 0 Å². The second-order valence-corrected chi connectivity index (χ2v) is 28.1. The first-order valence-electron chi connectivity index (χ1n) is 31.2. The molecule has 0 N–H and O–H groups in total. The molecule has 3 heterocycles. The van der Waals surface area contributed by atoms with Crippen molar-refractivity contribution in [2.24, 2.45) is 35.5 Å². The lowest BCUT2D eigenvalue weighted by Crippen LogP contribution is -2.61. The Labute approximate surface area is 477 Å². The molecule has 3 nitrogen and oxygen atoms in total. The Balaban J connectivity index is 0.942. The lowest BCUT2D eigenvalue weighted by molar-refractivity contribution is -0.00526. The average molecular weight is 1050 g/mol. The first kappa shape index (κ1) is 46.1. The molecular weight excluding hydrogens is 978 g/mol. The molecule has 10 aromatic rings. The molecule has 0 radical (unpaired) electrons. The molecule has 4 heteroatoms. The summed E-state index contributed by atoms with van der Waals surface area (Å²) in [4.78, 5) is 5.35. The van der Waals surface area contributed by atoms with Crippen LogP contribution in [0.1, 0.15) is 113 Å². The van der Waals surface area contributed by atoms with E-state index in [0.717, 1.165) is 46.9 Å². The van der Waals surface area contributed by atoms with Crippen LogP contribution in [0.5, 0.6) is 0 Å². The summed E-state index contributed by atoms with van der Waals surface area (Å²) >= 11 is 0. The Hall–Kier alpha value is -7.56. The van der Waals surface area contributed by atoms with E-state index in [2.05, 4.69) is 222 Å². The molecule has 0 saturated heterocycles. The van der Waals surface area contributed by atoms with Crippen molar-refractivity contribution in [1.29, 1.82) is 0 Å². The van der Waals surface area contributed by atoms with Gasteiger partial charge in [0.15, 0.2) is 0 Å². The zero-order valence-electron chi connectivity index (χ0n) is 46.8. The summed E-state index contributed by atoms with van der Waals surface area (Å²) in [6, 6.07) is 76.3. The number of fused-ring (bicyclic) bond motifs is 10. The standard InChI is InChI=1S/C77H68BN3/c1-75(2)67-21-13-12-20-61(67)62-39-64-65-37-60(79(57-16-8-4-9-17-57)58-18-10-5-11-19-58)38-72-73(65)78(81(71(64)40-68(62)75)59-25-22-54(23-26-59)53-14-6-3-7-15-53)69-36-56(77-44-50-31-51(45-77)33-52(32-50)46-77)35-66-63-34-55(24-27-70(63)80(72)74(66)69)76-41-47-28-48(42-76)30-49(29-47)43-76/h3-27,34-40,47-52H,28-33,41-46H2,1-2H3. The van der Waals surface area contributed by atoms with Gasteiger partial charge in [-0.25, -0.2) is 0 Å². The van der Waals surface area contributed by atoms with Crippen molar-refractivity contribution in [3.63, 3.8) is 0 Å². The number of aromatic nitrogens is 1. The van der Waals surface area contributed by atoms with E-state index in [9.17, 15) is 0 Å². The van der Waals surface area contributed by atoms with Crippen LogP contribution in [0.2, 0.25) is 0 Å². The highest BCUT2D eigenvalue weighted by molar-refractivity contribution is 6.93. The maximum atomic E-state index is 2.83. The van der Waals surface area contributed by atoms with Crippen LogP contribution in [-0.2, 0) is 16.2 Å². The zero-order valence-corrected chi connectivity index (χ0v) is 46.8. The van der Waals surface area contributed by atoms with Crippen LogP contribution < -0.4 is 20.6 Å². The van der Waals surface area contributed by atoms with Gasteiger partial charge in [-0.2, -0.15) is 0 Å². The van der Waals surface area contributed by atoms with E-state index in [1.54, 1.807) is 11.1 Å². The van der Waals surface area contributed by atoms with E-state index in [1.165, 1.54) is 177 Å². The third-order valence-corrected chi connectivity index (χ3v) is 23.2. The summed E-state index contributed by atoms with van der Waals surface area (Å²) in [5, 5.41) is 2.96. The topological polar surface area (TPSA) is 11.4 Å². The Bertz CT molecular complexity index is 4170. The molecule has 0 atom stereocenters. The monoisotopic (exact) mass is 1050 g/mol.